The second kappa shape index (κ2) is 6.97. The highest BCUT2D eigenvalue weighted by atomic mass is 16.2. The van der Waals surface area contributed by atoms with E-state index in [1.165, 1.54) is 0 Å². The van der Waals surface area contributed by atoms with Gasteiger partial charge < -0.3 is 15.6 Å². The zero-order chi connectivity index (χ0) is 17.1. The van der Waals surface area contributed by atoms with Gasteiger partial charge in [-0.05, 0) is 50.5 Å². The molecule has 2 aromatic rings. The molecular weight excluding hydrogens is 304 g/mol. The second-order valence-electron chi connectivity index (χ2n) is 6.25. The summed E-state index contributed by atoms with van der Waals surface area (Å²) < 4.78 is 0. The van der Waals surface area contributed by atoms with Gasteiger partial charge in [-0.3, -0.25) is 14.6 Å². The van der Waals surface area contributed by atoms with Crippen molar-refractivity contribution < 1.29 is 4.79 Å². The number of aromatic amines is 1. The first-order valence-electron chi connectivity index (χ1n) is 8.29. The van der Waals surface area contributed by atoms with Gasteiger partial charge in [0.25, 0.3) is 11.5 Å². The molecule has 2 atom stereocenters. The third-order valence-corrected chi connectivity index (χ3v) is 4.50. The maximum atomic E-state index is 12.8. The summed E-state index contributed by atoms with van der Waals surface area (Å²) in [7, 11) is 0. The van der Waals surface area contributed by atoms with Crippen LogP contribution in [0, 0.1) is 0 Å². The van der Waals surface area contributed by atoms with Crippen molar-refractivity contribution in [3.05, 3.63) is 52.4 Å². The fourth-order valence-electron chi connectivity index (χ4n) is 3.22. The molecule has 0 spiro atoms. The number of nitrogens with one attached hydrogen (secondary N) is 1. The third kappa shape index (κ3) is 3.23. The van der Waals surface area contributed by atoms with Gasteiger partial charge in [0.2, 0.25) is 0 Å². The van der Waals surface area contributed by atoms with E-state index in [0.29, 0.717) is 17.9 Å². The lowest BCUT2D eigenvalue weighted by Gasteiger charge is -2.37. The van der Waals surface area contributed by atoms with Crippen LogP contribution in [-0.4, -0.2) is 39.4 Å². The van der Waals surface area contributed by atoms with E-state index in [9.17, 15) is 9.59 Å². The van der Waals surface area contributed by atoms with E-state index in [-0.39, 0.29) is 23.6 Å². The molecule has 126 valence electrons. The molecular formula is C18H22N4O2. The lowest BCUT2D eigenvalue weighted by atomic mass is 9.96. The smallest absolute Gasteiger partial charge is 0.261 e. The summed E-state index contributed by atoms with van der Waals surface area (Å²) in [6, 6.07) is 8.65. The summed E-state index contributed by atoms with van der Waals surface area (Å²) in [6.45, 7) is 2.55. The van der Waals surface area contributed by atoms with Gasteiger partial charge in [-0.1, -0.05) is 6.07 Å². The number of pyridine rings is 2. The Morgan fingerprint density at radius 2 is 2.17 bits per heavy atom. The summed E-state index contributed by atoms with van der Waals surface area (Å²) in [6.07, 6.45) is 4.55. The maximum Gasteiger partial charge on any atom is 0.261 e. The van der Waals surface area contributed by atoms with Crippen LogP contribution in [0.5, 0.6) is 0 Å². The van der Waals surface area contributed by atoms with Gasteiger partial charge in [-0.25, -0.2) is 0 Å². The van der Waals surface area contributed by atoms with E-state index in [1.807, 2.05) is 25.1 Å². The Hall–Kier alpha value is -2.47. The molecule has 6 nitrogen and oxygen atoms in total. The zero-order valence-electron chi connectivity index (χ0n) is 13.7. The van der Waals surface area contributed by atoms with Crippen molar-refractivity contribution in [1.82, 2.24) is 14.9 Å². The Bertz CT molecular complexity index is 770. The Morgan fingerprint density at radius 1 is 1.33 bits per heavy atom. The molecule has 24 heavy (non-hydrogen) atoms. The van der Waals surface area contributed by atoms with Crippen LogP contribution in [0.3, 0.4) is 0 Å². The van der Waals surface area contributed by atoms with Gasteiger partial charge in [0, 0.05) is 24.8 Å². The topological polar surface area (TPSA) is 92.1 Å². The number of nitrogens with zero attached hydrogens (tertiary/aromatic N) is 2. The second-order valence-corrected chi connectivity index (χ2v) is 6.25. The zero-order valence-corrected chi connectivity index (χ0v) is 13.7. The molecule has 0 radical (unpaired) electrons. The average molecular weight is 326 g/mol. The van der Waals surface area contributed by atoms with E-state index in [0.717, 1.165) is 19.3 Å². The molecule has 1 aliphatic heterocycles. The van der Waals surface area contributed by atoms with Crippen LogP contribution >= 0.6 is 0 Å². The van der Waals surface area contributed by atoms with Crippen LogP contribution in [0.1, 0.15) is 36.5 Å². The number of nitrogens with two attached hydrogens (primary N) is 1. The van der Waals surface area contributed by atoms with Crippen LogP contribution in [0.25, 0.3) is 11.4 Å². The van der Waals surface area contributed by atoms with Gasteiger partial charge in [0.05, 0.1) is 11.4 Å². The molecule has 1 amide bonds. The summed E-state index contributed by atoms with van der Waals surface area (Å²) in [5.41, 5.74) is 7.05. The Kier molecular flexibility index (Phi) is 4.76. The summed E-state index contributed by atoms with van der Waals surface area (Å²) in [5, 5.41) is 0. The molecule has 0 bridgehead atoms. The summed E-state index contributed by atoms with van der Waals surface area (Å²) in [4.78, 5) is 33.9. The number of hydrogen-bond acceptors (Lipinski definition) is 4. The first-order chi connectivity index (χ1) is 11.6. The number of H-pyrrole nitrogens is 1. The van der Waals surface area contributed by atoms with Gasteiger partial charge in [-0.15, -0.1) is 0 Å². The van der Waals surface area contributed by atoms with Gasteiger partial charge in [0.1, 0.15) is 5.56 Å². The first-order valence-corrected chi connectivity index (χ1v) is 8.29. The Morgan fingerprint density at radius 3 is 2.83 bits per heavy atom. The highest BCUT2D eigenvalue weighted by molar-refractivity contribution is 5.94. The molecule has 3 heterocycles. The predicted octanol–water partition coefficient (Wildman–Crippen LogP) is 1.78. The predicted molar refractivity (Wildman–Crippen MR) is 92.6 cm³/mol. The van der Waals surface area contributed by atoms with E-state index < -0.39 is 5.56 Å². The largest absolute Gasteiger partial charge is 0.334 e. The third-order valence-electron chi connectivity index (χ3n) is 4.50. The molecule has 0 aliphatic carbocycles. The Balaban J connectivity index is 1.89. The number of rotatable bonds is 3. The first kappa shape index (κ1) is 16.4. The number of carbonyl (C=O) groups is 1. The SMILES string of the molecule is C[C@H](N)[C@@H]1CCCCN1C(=O)c1ccc(-c2ccccn2)[nH]c1=O. The molecule has 0 saturated carbocycles. The maximum absolute atomic E-state index is 12.8. The van der Waals surface area contributed by atoms with Crippen molar-refractivity contribution >= 4 is 5.91 Å². The number of likely N-dealkylation sites (tertiary alicyclic amines) is 1. The van der Waals surface area contributed by atoms with Gasteiger partial charge in [0.15, 0.2) is 0 Å². The molecule has 3 rings (SSSR count). The number of piperidine rings is 1. The quantitative estimate of drug-likeness (QED) is 0.899. The summed E-state index contributed by atoms with van der Waals surface area (Å²) in [5.74, 6) is -0.245. The minimum Gasteiger partial charge on any atom is -0.334 e. The highest BCUT2D eigenvalue weighted by Crippen LogP contribution is 2.21. The van der Waals surface area contributed by atoms with E-state index in [1.54, 1.807) is 23.2 Å². The summed E-state index contributed by atoms with van der Waals surface area (Å²) >= 11 is 0. The van der Waals surface area contributed by atoms with Crippen molar-refractivity contribution in [3.63, 3.8) is 0 Å². The van der Waals surface area contributed by atoms with E-state index in [2.05, 4.69) is 9.97 Å². The normalized spacial score (nSPS) is 19.1. The standard InChI is InChI=1S/C18H22N4O2/c1-12(19)16-7-3-5-11-22(16)18(24)13-8-9-15(21-17(13)23)14-6-2-4-10-20-14/h2,4,6,8-10,12,16H,3,5,7,11,19H2,1H3,(H,21,23)/t12-,16-/m0/s1. The molecule has 0 aromatic carbocycles. The molecule has 1 saturated heterocycles. The molecule has 0 unspecified atom stereocenters. The minimum atomic E-state index is -0.392. The van der Waals surface area contributed by atoms with Crippen LogP contribution in [0.2, 0.25) is 0 Å². The fourth-order valence-corrected chi connectivity index (χ4v) is 3.22. The number of amides is 1. The van der Waals surface area contributed by atoms with Gasteiger partial charge >= 0.3 is 0 Å². The van der Waals surface area contributed by atoms with E-state index in [4.69, 9.17) is 5.73 Å². The average Bonchev–Trinajstić information content (AvgIpc) is 2.62. The number of hydrogen-bond donors (Lipinski definition) is 2. The van der Waals surface area contributed by atoms with Gasteiger partial charge in [-0.2, -0.15) is 0 Å². The fraction of sp³-hybridized carbons (Fsp3) is 0.389. The van der Waals surface area contributed by atoms with Crippen LogP contribution in [-0.2, 0) is 0 Å². The van der Waals surface area contributed by atoms with Crippen LogP contribution in [0.15, 0.2) is 41.3 Å². The van der Waals surface area contributed by atoms with Crippen LogP contribution in [0.4, 0.5) is 0 Å². The molecule has 1 aliphatic rings. The van der Waals surface area contributed by atoms with Crippen molar-refractivity contribution in [3.8, 4) is 11.4 Å². The van der Waals surface area contributed by atoms with Crippen molar-refractivity contribution in [1.29, 1.82) is 0 Å². The van der Waals surface area contributed by atoms with E-state index >= 15 is 0 Å². The monoisotopic (exact) mass is 326 g/mol. The molecule has 1 fully saturated rings. The Labute approximate surface area is 140 Å². The molecule has 6 heteroatoms. The number of aromatic nitrogens is 2. The molecule has 3 N–H and O–H groups in total. The molecule has 2 aromatic heterocycles. The lowest BCUT2D eigenvalue weighted by Crippen LogP contribution is -2.52. The number of carbonyl (C=O) groups excluding carboxylic acids is 1. The highest BCUT2D eigenvalue weighted by Gasteiger charge is 2.30. The van der Waals surface area contributed by atoms with Crippen molar-refractivity contribution in [2.75, 3.05) is 6.54 Å². The lowest BCUT2D eigenvalue weighted by molar-refractivity contribution is 0.0582. The van der Waals surface area contributed by atoms with Crippen molar-refractivity contribution in [2.24, 2.45) is 5.73 Å². The van der Waals surface area contributed by atoms with Crippen LogP contribution < -0.4 is 11.3 Å². The van der Waals surface area contributed by atoms with Crippen molar-refractivity contribution in [2.45, 2.75) is 38.3 Å². The minimum absolute atomic E-state index is 0.0129.